The number of methoxy groups -OCH3 is 1. The van der Waals surface area contributed by atoms with Crippen LogP contribution in [0.1, 0.15) is 38.3 Å². The van der Waals surface area contributed by atoms with E-state index in [1.165, 1.54) is 0 Å². The number of esters is 1. The molecule has 1 saturated heterocycles. The van der Waals surface area contributed by atoms with Gasteiger partial charge in [-0.15, -0.1) is 0 Å². The minimum absolute atomic E-state index is 0.257. The van der Waals surface area contributed by atoms with Crippen molar-refractivity contribution in [3.8, 4) is 11.5 Å². The van der Waals surface area contributed by atoms with Gasteiger partial charge in [0.1, 0.15) is 0 Å². The van der Waals surface area contributed by atoms with Crippen LogP contribution in [0.4, 0.5) is 4.79 Å². The molecule has 0 radical (unpaired) electrons. The van der Waals surface area contributed by atoms with Crippen LogP contribution in [0.5, 0.6) is 11.5 Å². The van der Waals surface area contributed by atoms with Crippen molar-refractivity contribution in [1.82, 2.24) is 15.5 Å². The van der Waals surface area contributed by atoms with Crippen molar-refractivity contribution >= 4 is 12.0 Å². The molecule has 0 spiro atoms. The van der Waals surface area contributed by atoms with Crippen LogP contribution in [-0.2, 0) is 9.53 Å². The van der Waals surface area contributed by atoms with Crippen LogP contribution in [0.15, 0.2) is 29.5 Å². The number of nitrogens with one attached hydrogen (secondary N) is 2. The molecule has 1 aromatic carbocycles. The molecule has 8 nitrogen and oxygen atoms in total. The molecule has 1 aromatic rings. The fourth-order valence-electron chi connectivity index (χ4n) is 3.75. The molecule has 0 aliphatic carbocycles. The normalized spacial score (nSPS) is 19.6. The van der Waals surface area contributed by atoms with E-state index in [9.17, 15) is 9.59 Å². The van der Waals surface area contributed by atoms with Gasteiger partial charge < -0.3 is 24.8 Å². The molecular formula is C21H29N3O5. The molecule has 1 atom stereocenters. The summed E-state index contributed by atoms with van der Waals surface area (Å²) < 4.78 is 16.3. The van der Waals surface area contributed by atoms with Crippen LogP contribution in [0, 0.1) is 0 Å². The second-order valence-corrected chi connectivity index (χ2v) is 6.97. The monoisotopic (exact) mass is 403 g/mol. The molecule has 3 rings (SSSR count). The molecule has 8 heteroatoms. The number of carbonyl (C=O) groups excluding carboxylic acids is 2. The van der Waals surface area contributed by atoms with E-state index in [-0.39, 0.29) is 12.6 Å². The van der Waals surface area contributed by atoms with E-state index in [0.29, 0.717) is 35.9 Å². The summed E-state index contributed by atoms with van der Waals surface area (Å²) in [5.74, 6) is 0.714. The molecule has 0 unspecified atom stereocenters. The first kappa shape index (κ1) is 21.0. The van der Waals surface area contributed by atoms with Gasteiger partial charge in [0.15, 0.2) is 11.5 Å². The van der Waals surface area contributed by atoms with Gasteiger partial charge in [0.25, 0.3) is 0 Å². The zero-order valence-corrected chi connectivity index (χ0v) is 17.2. The average molecular weight is 403 g/mol. The number of rotatable bonds is 8. The summed E-state index contributed by atoms with van der Waals surface area (Å²) in [7, 11) is 1.56. The maximum atomic E-state index is 12.9. The van der Waals surface area contributed by atoms with Crippen molar-refractivity contribution in [1.29, 1.82) is 0 Å². The number of benzene rings is 1. The maximum Gasteiger partial charge on any atom is 0.338 e. The van der Waals surface area contributed by atoms with Crippen molar-refractivity contribution in [3.05, 3.63) is 35.0 Å². The second kappa shape index (κ2) is 9.65. The molecule has 0 aromatic heterocycles. The number of ether oxygens (including phenoxy) is 3. The summed E-state index contributed by atoms with van der Waals surface area (Å²) in [6.45, 7) is 6.83. The molecule has 2 amide bonds. The van der Waals surface area contributed by atoms with Crippen molar-refractivity contribution in [3.63, 3.8) is 0 Å². The fraction of sp³-hybridized carbons (Fsp3) is 0.524. The second-order valence-electron chi connectivity index (χ2n) is 6.97. The van der Waals surface area contributed by atoms with E-state index < -0.39 is 12.0 Å². The molecule has 158 valence electrons. The lowest BCUT2D eigenvalue weighted by Gasteiger charge is -2.31. The number of likely N-dealkylation sites (tertiary alicyclic amines) is 1. The Hall–Kier alpha value is -2.74. The fourth-order valence-corrected chi connectivity index (χ4v) is 3.75. The summed E-state index contributed by atoms with van der Waals surface area (Å²) in [6.07, 6.45) is 2.24. The van der Waals surface area contributed by atoms with Crippen LogP contribution < -0.4 is 20.1 Å². The molecule has 2 aliphatic heterocycles. The van der Waals surface area contributed by atoms with E-state index in [1.54, 1.807) is 26.2 Å². The van der Waals surface area contributed by atoms with E-state index in [0.717, 1.165) is 31.5 Å². The molecule has 29 heavy (non-hydrogen) atoms. The van der Waals surface area contributed by atoms with E-state index >= 15 is 0 Å². The molecule has 1 fully saturated rings. The average Bonchev–Trinajstić information content (AvgIpc) is 3.21. The lowest BCUT2D eigenvalue weighted by molar-refractivity contribution is -0.139. The lowest BCUT2D eigenvalue weighted by atomic mass is 9.94. The molecule has 2 N–H and O–H groups in total. The van der Waals surface area contributed by atoms with Crippen molar-refractivity contribution < 1.29 is 23.8 Å². The molecule has 2 heterocycles. The zero-order valence-electron chi connectivity index (χ0n) is 17.2. The first-order valence-electron chi connectivity index (χ1n) is 10.1. The van der Waals surface area contributed by atoms with Crippen molar-refractivity contribution in [2.24, 2.45) is 0 Å². The number of carbonyl (C=O) groups is 2. The van der Waals surface area contributed by atoms with E-state index in [4.69, 9.17) is 14.2 Å². The predicted octanol–water partition coefficient (Wildman–Crippen LogP) is 2.36. The zero-order chi connectivity index (χ0) is 20.8. The van der Waals surface area contributed by atoms with Crippen molar-refractivity contribution in [2.75, 3.05) is 40.0 Å². The van der Waals surface area contributed by atoms with Crippen LogP contribution in [0.3, 0.4) is 0 Å². The van der Waals surface area contributed by atoms with Crippen LogP contribution in [0.2, 0.25) is 0 Å². The largest absolute Gasteiger partial charge is 0.493 e. The Kier molecular flexibility index (Phi) is 6.98. The third-order valence-corrected chi connectivity index (χ3v) is 5.05. The van der Waals surface area contributed by atoms with Crippen LogP contribution >= 0.6 is 0 Å². The highest BCUT2D eigenvalue weighted by atomic mass is 16.5. The first-order chi connectivity index (χ1) is 14.1. The Labute approximate surface area is 171 Å². The van der Waals surface area contributed by atoms with Crippen molar-refractivity contribution in [2.45, 2.75) is 32.7 Å². The maximum absolute atomic E-state index is 12.9. The van der Waals surface area contributed by atoms with Gasteiger partial charge in [-0.3, -0.25) is 4.90 Å². The quantitative estimate of drug-likeness (QED) is 0.648. The topological polar surface area (TPSA) is 89.1 Å². The Morgan fingerprint density at radius 3 is 2.59 bits per heavy atom. The van der Waals surface area contributed by atoms with Crippen LogP contribution in [-0.4, -0.2) is 56.9 Å². The van der Waals surface area contributed by atoms with Gasteiger partial charge in [0, 0.05) is 12.2 Å². The molecular weight excluding hydrogens is 374 g/mol. The minimum Gasteiger partial charge on any atom is -0.493 e. The number of hydrogen-bond donors (Lipinski definition) is 2. The summed E-state index contributed by atoms with van der Waals surface area (Å²) in [5, 5.41) is 5.68. The highest BCUT2D eigenvalue weighted by molar-refractivity contribution is 5.95. The van der Waals surface area contributed by atoms with Gasteiger partial charge in [-0.2, -0.15) is 0 Å². The highest BCUT2D eigenvalue weighted by Gasteiger charge is 2.35. The SMILES string of the molecule is CCOC(=O)C1=C(CN2CCCC2)NC(=O)N[C@@H]1c1ccc(OCC)c(OC)c1. The number of urea groups is 1. The smallest absolute Gasteiger partial charge is 0.338 e. The Balaban J connectivity index is 2.01. The molecule has 0 bridgehead atoms. The highest BCUT2D eigenvalue weighted by Crippen LogP contribution is 2.35. The number of hydrogen-bond acceptors (Lipinski definition) is 6. The summed E-state index contributed by atoms with van der Waals surface area (Å²) in [5.41, 5.74) is 1.73. The standard InChI is InChI=1S/C21H29N3O5/c1-4-28-16-9-8-14(12-17(16)27-3)19-18(20(25)29-5-2)15(22-21(26)23-19)13-24-10-6-7-11-24/h8-9,12,19H,4-7,10-11,13H2,1-3H3,(H2,22,23,26)/t19-/m1/s1. The predicted molar refractivity (Wildman–Crippen MR) is 108 cm³/mol. The summed E-state index contributed by atoms with van der Waals surface area (Å²) in [6, 6.07) is 4.43. The Bertz CT molecular complexity index is 787. The minimum atomic E-state index is -0.634. The van der Waals surface area contributed by atoms with E-state index in [2.05, 4.69) is 15.5 Å². The van der Waals surface area contributed by atoms with Gasteiger partial charge in [-0.1, -0.05) is 6.07 Å². The van der Waals surface area contributed by atoms with Crippen LogP contribution in [0.25, 0.3) is 0 Å². The van der Waals surface area contributed by atoms with Gasteiger partial charge in [-0.25, -0.2) is 9.59 Å². The third-order valence-electron chi connectivity index (χ3n) is 5.05. The Morgan fingerprint density at radius 1 is 1.17 bits per heavy atom. The number of amides is 2. The summed E-state index contributed by atoms with van der Waals surface area (Å²) in [4.78, 5) is 27.5. The number of nitrogens with zero attached hydrogens (tertiary/aromatic N) is 1. The first-order valence-corrected chi connectivity index (χ1v) is 10.1. The third kappa shape index (κ3) is 4.82. The van der Waals surface area contributed by atoms with E-state index in [1.807, 2.05) is 13.0 Å². The van der Waals surface area contributed by atoms with Gasteiger partial charge in [0.05, 0.1) is 31.9 Å². The van der Waals surface area contributed by atoms with Gasteiger partial charge in [0.2, 0.25) is 0 Å². The van der Waals surface area contributed by atoms with Gasteiger partial charge >= 0.3 is 12.0 Å². The lowest BCUT2D eigenvalue weighted by Crippen LogP contribution is -2.48. The molecule has 2 aliphatic rings. The summed E-state index contributed by atoms with van der Waals surface area (Å²) >= 11 is 0. The molecule has 0 saturated carbocycles. The Morgan fingerprint density at radius 2 is 1.93 bits per heavy atom. The van der Waals surface area contributed by atoms with Gasteiger partial charge in [-0.05, 0) is 57.5 Å².